The van der Waals surface area contributed by atoms with Gasteiger partial charge < -0.3 is 0 Å². The Morgan fingerprint density at radius 3 is 2.19 bits per heavy atom. The van der Waals surface area contributed by atoms with Crippen LogP contribution >= 0.6 is 15.9 Å². The van der Waals surface area contributed by atoms with Gasteiger partial charge in [0.15, 0.2) is 5.78 Å². The molecule has 0 N–H and O–H groups in total. The molecule has 4 rings (SSSR count). The number of hydrogen-bond donors (Lipinski definition) is 0. The van der Waals surface area contributed by atoms with Gasteiger partial charge in [-0.2, -0.15) is 0 Å². The molecule has 0 heterocycles. The summed E-state index contributed by atoms with van der Waals surface area (Å²) in [5, 5.41) is 2.41. The van der Waals surface area contributed by atoms with Gasteiger partial charge in [0.25, 0.3) is 0 Å². The summed E-state index contributed by atoms with van der Waals surface area (Å²) < 4.78 is 0.979. The van der Waals surface area contributed by atoms with E-state index in [0.29, 0.717) is 6.42 Å². The van der Waals surface area contributed by atoms with E-state index in [-0.39, 0.29) is 11.7 Å². The van der Waals surface area contributed by atoms with Crippen LogP contribution in [0.1, 0.15) is 33.8 Å². The van der Waals surface area contributed by atoms with E-state index in [1.807, 2.05) is 42.5 Å². The highest BCUT2D eigenvalue weighted by Crippen LogP contribution is 2.34. The summed E-state index contributed by atoms with van der Waals surface area (Å²) in [6.45, 7) is 0. The highest BCUT2D eigenvalue weighted by Gasteiger charge is 2.21. The van der Waals surface area contributed by atoms with Crippen LogP contribution in [0.3, 0.4) is 0 Å². The molecule has 0 saturated carbocycles. The molecule has 0 aliphatic carbocycles. The van der Waals surface area contributed by atoms with Gasteiger partial charge in [-0.15, -0.1) is 0 Å². The summed E-state index contributed by atoms with van der Waals surface area (Å²) >= 11 is 3.43. The third-order valence-corrected chi connectivity index (χ3v) is 5.49. The molecule has 0 spiro atoms. The molecule has 0 radical (unpaired) electrons. The van der Waals surface area contributed by atoms with Crippen LogP contribution in [0.25, 0.3) is 10.8 Å². The van der Waals surface area contributed by atoms with Crippen molar-refractivity contribution < 1.29 is 4.79 Å². The second kappa shape index (κ2) is 7.89. The summed E-state index contributed by atoms with van der Waals surface area (Å²) in [4.78, 5) is 13.0. The van der Waals surface area contributed by atoms with Crippen molar-refractivity contribution in [1.29, 1.82) is 0 Å². The Kier molecular flexibility index (Phi) is 5.17. The van der Waals surface area contributed by atoms with Crippen LogP contribution in [-0.2, 0) is 0 Å². The number of halogens is 1. The average molecular weight is 415 g/mol. The molecule has 0 amide bonds. The van der Waals surface area contributed by atoms with Crippen LogP contribution in [0.4, 0.5) is 0 Å². The molecule has 132 valence electrons. The lowest BCUT2D eigenvalue weighted by Crippen LogP contribution is -2.09. The van der Waals surface area contributed by atoms with E-state index in [4.69, 9.17) is 0 Å². The Hall–Kier alpha value is -2.71. The number of ketones is 1. The zero-order chi connectivity index (χ0) is 18.6. The molecule has 0 aromatic heterocycles. The van der Waals surface area contributed by atoms with Gasteiger partial charge in [-0.1, -0.05) is 101 Å². The minimum absolute atomic E-state index is 0.0217. The Morgan fingerprint density at radius 2 is 1.41 bits per heavy atom. The third kappa shape index (κ3) is 3.86. The Balaban J connectivity index is 1.78. The van der Waals surface area contributed by atoms with Gasteiger partial charge in [0.1, 0.15) is 0 Å². The first-order valence-electron chi connectivity index (χ1n) is 9.04. The van der Waals surface area contributed by atoms with E-state index in [1.165, 1.54) is 21.9 Å². The van der Waals surface area contributed by atoms with Crippen molar-refractivity contribution in [2.75, 3.05) is 0 Å². The molecule has 0 aliphatic rings. The molecular formula is C25H19BrO. The van der Waals surface area contributed by atoms with Crippen molar-refractivity contribution >= 4 is 32.5 Å². The first kappa shape index (κ1) is 17.7. The molecule has 1 atom stereocenters. The zero-order valence-electron chi connectivity index (χ0n) is 14.8. The smallest absolute Gasteiger partial charge is 0.163 e. The standard InChI is InChI=1S/C25H19BrO/c26-21-15-13-20(14-16-21)25(27)17-24(19-7-2-1-3-8-19)23-12-6-10-18-9-4-5-11-22(18)23/h1-16,24H,17H2/t24-/m0/s1. The van der Waals surface area contributed by atoms with E-state index in [2.05, 4.69) is 70.5 Å². The van der Waals surface area contributed by atoms with Crippen LogP contribution in [0.5, 0.6) is 0 Å². The number of carbonyl (C=O) groups is 1. The topological polar surface area (TPSA) is 17.1 Å². The molecule has 2 heteroatoms. The third-order valence-electron chi connectivity index (χ3n) is 4.96. The van der Waals surface area contributed by atoms with E-state index in [9.17, 15) is 4.79 Å². The van der Waals surface area contributed by atoms with Crippen molar-refractivity contribution in [3.8, 4) is 0 Å². The average Bonchev–Trinajstić information content (AvgIpc) is 2.73. The predicted octanol–water partition coefficient (Wildman–Crippen LogP) is 7.01. The number of benzene rings is 4. The number of Topliss-reactive ketones (excluding diaryl/α,β-unsaturated/α-hetero) is 1. The molecule has 0 aliphatic heterocycles. The van der Waals surface area contributed by atoms with Crippen molar-refractivity contribution in [3.05, 3.63) is 118 Å². The van der Waals surface area contributed by atoms with Gasteiger partial charge in [-0.05, 0) is 34.0 Å². The van der Waals surface area contributed by atoms with E-state index in [0.717, 1.165) is 10.0 Å². The van der Waals surface area contributed by atoms with Crippen LogP contribution in [-0.4, -0.2) is 5.78 Å². The largest absolute Gasteiger partial charge is 0.294 e. The maximum Gasteiger partial charge on any atom is 0.163 e. The molecule has 1 nitrogen and oxygen atoms in total. The van der Waals surface area contributed by atoms with Gasteiger partial charge in [0.05, 0.1) is 0 Å². The van der Waals surface area contributed by atoms with Crippen molar-refractivity contribution in [2.45, 2.75) is 12.3 Å². The molecular weight excluding hydrogens is 396 g/mol. The van der Waals surface area contributed by atoms with Crippen molar-refractivity contribution in [3.63, 3.8) is 0 Å². The lowest BCUT2D eigenvalue weighted by molar-refractivity contribution is 0.0978. The maximum atomic E-state index is 13.0. The molecule has 0 unspecified atom stereocenters. The zero-order valence-corrected chi connectivity index (χ0v) is 16.4. The monoisotopic (exact) mass is 414 g/mol. The molecule has 27 heavy (non-hydrogen) atoms. The maximum absolute atomic E-state index is 13.0. The Labute approximate surface area is 167 Å². The van der Waals surface area contributed by atoms with Gasteiger partial charge in [0, 0.05) is 22.4 Å². The Bertz CT molecular complexity index is 1060. The van der Waals surface area contributed by atoms with E-state index >= 15 is 0 Å². The second-order valence-corrected chi connectivity index (χ2v) is 7.58. The number of rotatable bonds is 5. The van der Waals surface area contributed by atoms with Crippen molar-refractivity contribution in [2.24, 2.45) is 0 Å². The number of carbonyl (C=O) groups excluding carboxylic acids is 1. The van der Waals surface area contributed by atoms with Crippen LogP contribution in [0.15, 0.2) is 102 Å². The molecule has 4 aromatic rings. The van der Waals surface area contributed by atoms with Gasteiger partial charge in [-0.25, -0.2) is 0 Å². The minimum atomic E-state index is 0.0217. The number of fused-ring (bicyclic) bond motifs is 1. The van der Waals surface area contributed by atoms with Gasteiger partial charge >= 0.3 is 0 Å². The van der Waals surface area contributed by atoms with Crippen LogP contribution < -0.4 is 0 Å². The first-order chi connectivity index (χ1) is 13.2. The normalized spacial score (nSPS) is 12.0. The van der Waals surface area contributed by atoms with Crippen molar-refractivity contribution in [1.82, 2.24) is 0 Å². The molecule has 0 saturated heterocycles. The summed E-state index contributed by atoms with van der Waals surface area (Å²) in [6.07, 6.45) is 0.444. The van der Waals surface area contributed by atoms with Gasteiger partial charge in [0.2, 0.25) is 0 Å². The fourth-order valence-corrected chi connectivity index (χ4v) is 3.85. The highest BCUT2D eigenvalue weighted by atomic mass is 79.9. The van der Waals surface area contributed by atoms with E-state index in [1.54, 1.807) is 0 Å². The van der Waals surface area contributed by atoms with E-state index < -0.39 is 0 Å². The highest BCUT2D eigenvalue weighted by molar-refractivity contribution is 9.10. The summed E-state index contributed by atoms with van der Waals surface area (Å²) in [7, 11) is 0. The SMILES string of the molecule is O=C(C[C@@H](c1ccccc1)c1cccc2ccccc12)c1ccc(Br)cc1. The lowest BCUT2D eigenvalue weighted by Gasteiger charge is -2.20. The molecule has 4 aromatic carbocycles. The van der Waals surface area contributed by atoms with Crippen LogP contribution in [0.2, 0.25) is 0 Å². The number of hydrogen-bond acceptors (Lipinski definition) is 1. The summed E-state index contributed by atoms with van der Waals surface area (Å²) in [5.41, 5.74) is 3.11. The molecule has 0 fully saturated rings. The molecule has 0 bridgehead atoms. The van der Waals surface area contributed by atoms with Crippen LogP contribution in [0, 0.1) is 0 Å². The lowest BCUT2D eigenvalue weighted by atomic mass is 9.83. The van der Waals surface area contributed by atoms with Gasteiger partial charge in [-0.3, -0.25) is 4.79 Å². The fourth-order valence-electron chi connectivity index (χ4n) is 3.59. The Morgan fingerprint density at radius 1 is 0.741 bits per heavy atom. The predicted molar refractivity (Wildman–Crippen MR) is 115 cm³/mol. The fraction of sp³-hybridized carbons (Fsp3) is 0.0800. The summed E-state index contributed by atoms with van der Waals surface area (Å²) in [5.74, 6) is 0.178. The minimum Gasteiger partial charge on any atom is -0.294 e. The second-order valence-electron chi connectivity index (χ2n) is 6.67. The summed E-state index contributed by atoms with van der Waals surface area (Å²) in [6, 6.07) is 32.7. The first-order valence-corrected chi connectivity index (χ1v) is 9.83. The quantitative estimate of drug-likeness (QED) is 0.321.